The first-order valence-electron chi connectivity index (χ1n) is 12.4. The molecule has 2 heterocycles. The average molecular weight is 514 g/mol. The van der Waals surface area contributed by atoms with Crippen molar-refractivity contribution in [3.63, 3.8) is 0 Å². The molecule has 0 spiro atoms. The van der Waals surface area contributed by atoms with E-state index in [0.29, 0.717) is 49.1 Å². The van der Waals surface area contributed by atoms with Crippen LogP contribution in [0.15, 0.2) is 48.5 Å². The highest BCUT2D eigenvalue weighted by atomic mass is 19.2. The Hall–Kier alpha value is -3.50. The van der Waals surface area contributed by atoms with Gasteiger partial charge < -0.3 is 14.8 Å². The number of rotatable bonds is 9. The lowest BCUT2D eigenvalue weighted by molar-refractivity contribution is 0.113. The maximum absolute atomic E-state index is 14.1. The van der Waals surface area contributed by atoms with E-state index in [1.165, 1.54) is 6.07 Å². The highest BCUT2D eigenvalue weighted by molar-refractivity contribution is 5.90. The Balaban J connectivity index is 1.58. The first-order valence-corrected chi connectivity index (χ1v) is 12.4. The van der Waals surface area contributed by atoms with Crippen molar-refractivity contribution in [1.82, 2.24) is 20.0 Å². The predicted molar refractivity (Wildman–Crippen MR) is 137 cm³/mol. The minimum absolute atomic E-state index is 0.0863. The van der Waals surface area contributed by atoms with Crippen molar-refractivity contribution in [3.8, 4) is 11.6 Å². The molecular formula is C27H33F2N5O3. The van der Waals surface area contributed by atoms with Crippen LogP contribution >= 0.6 is 0 Å². The fourth-order valence-electron chi connectivity index (χ4n) is 4.73. The van der Waals surface area contributed by atoms with Gasteiger partial charge in [0.05, 0.1) is 30.5 Å². The van der Waals surface area contributed by atoms with Crippen LogP contribution in [0, 0.1) is 18.6 Å². The molecule has 1 fully saturated rings. The lowest BCUT2D eigenvalue weighted by Crippen LogP contribution is -2.43. The predicted octanol–water partition coefficient (Wildman–Crippen LogP) is 4.48. The van der Waals surface area contributed by atoms with Crippen LogP contribution < -0.4 is 15.4 Å². The number of nitrogens with zero attached hydrogens (tertiary/aromatic N) is 3. The zero-order valence-corrected chi connectivity index (χ0v) is 21.5. The molecule has 10 heteroatoms. The second-order valence-corrected chi connectivity index (χ2v) is 9.20. The summed E-state index contributed by atoms with van der Waals surface area (Å²) in [6.07, 6.45) is 0. The maximum atomic E-state index is 14.1. The third-order valence-corrected chi connectivity index (χ3v) is 6.66. The summed E-state index contributed by atoms with van der Waals surface area (Å²) < 4.78 is 40.3. The molecule has 3 atom stereocenters. The number of para-hydroxylation sites is 1. The van der Waals surface area contributed by atoms with E-state index in [1.807, 2.05) is 51.1 Å². The lowest BCUT2D eigenvalue weighted by atomic mass is 9.94. The zero-order valence-electron chi connectivity index (χ0n) is 21.5. The van der Waals surface area contributed by atoms with E-state index < -0.39 is 17.7 Å². The number of hydrogen-bond donors (Lipinski definition) is 2. The van der Waals surface area contributed by atoms with Crippen molar-refractivity contribution in [2.45, 2.75) is 38.8 Å². The van der Waals surface area contributed by atoms with Gasteiger partial charge in [-0.2, -0.15) is 0 Å². The van der Waals surface area contributed by atoms with Gasteiger partial charge in [0.25, 0.3) is 0 Å². The quantitative estimate of drug-likeness (QED) is 0.441. The van der Waals surface area contributed by atoms with Crippen LogP contribution in [0.25, 0.3) is 5.69 Å². The number of ether oxygens (including phenoxy) is 2. The van der Waals surface area contributed by atoms with Crippen molar-refractivity contribution in [1.29, 1.82) is 0 Å². The van der Waals surface area contributed by atoms with Gasteiger partial charge in [-0.15, -0.1) is 5.10 Å². The van der Waals surface area contributed by atoms with Crippen LogP contribution in [0.3, 0.4) is 0 Å². The van der Waals surface area contributed by atoms with Gasteiger partial charge in [0, 0.05) is 32.2 Å². The van der Waals surface area contributed by atoms with Gasteiger partial charge in [0.1, 0.15) is 5.82 Å². The molecule has 3 aromatic rings. The number of amides is 2. The molecule has 1 aliphatic rings. The van der Waals surface area contributed by atoms with E-state index in [4.69, 9.17) is 9.47 Å². The molecule has 198 valence electrons. The maximum Gasteiger partial charge on any atom is 0.320 e. The molecule has 0 radical (unpaired) electrons. The number of methoxy groups -OCH3 is 1. The summed E-state index contributed by atoms with van der Waals surface area (Å²) in [7, 11) is 1.64. The van der Waals surface area contributed by atoms with Gasteiger partial charge in [-0.05, 0) is 50.6 Å². The van der Waals surface area contributed by atoms with Crippen LogP contribution in [0.4, 0.5) is 19.4 Å². The Bertz CT molecular complexity index is 1220. The molecule has 1 aromatic heterocycles. The lowest BCUT2D eigenvalue weighted by Gasteiger charge is -2.23. The number of carbonyl (C=O) groups is 1. The van der Waals surface area contributed by atoms with Gasteiger partial charge in [0.15, 0.2) is 11.6 Å². The fourth-order valence-corrected chi connectivity index (χ4v) is 4.73. The molecule has 1 saturated heterocycles. The van der Waals surface area contributed by atoms with Crippen molar-refractivity contribution in [3.05, 3.63) is 71.3 Å². The second-order valence-electron chi connectivity index (χ2n) is 9.20. The Morgan fingerprint density at radius 2 is 1.92 bits per heavy atom. The molecule has 1 aliphatic heterocycles. The minimum atomic E-state index is -0.907. The van der Waals surface area contributed by atoms with Crippen LogP contribution in [0.5, 0.6) is 5.88 Å². The molecule has 0 saturated carbocycles. The summed E-state index contributed by atoms with van der Waals surface area (Å²) in [5.74, 6) is -1.13. The normalized spacial score (nSPS) is 18.5. The highest BCUT2D eigenvalue weighted by Gasteiger charge is 2.37. The molecule has 0 aliphatic carbocycles. The van der Waals surface area contributed by atoms with E-state index in [2.05, 4.69) is 20.6 Å². The van der Waals surface area contributed by atoms with Crippen molar-refractivity contribution < 1.29 is 23.0 Å². The Morgan fingerprint density at radius 3 is 2.59 bits per heavy atom. The molecule has 0 unspecified atom stereocenters. The fraction of sp³-hybridized carbons (Fsp3) is 0.407. The molecule has 2 N–H and O–H groups in total. The number of halogens is 2. The first-order chi connectivity index (χ1) is 17.8. The van der Waals surface area contributed by atoms with E-state index in [0.717, 1.165) is 11.8 Å². The number of anilines is 1. The standard InChI is InChI=1S/C27H33F2N5O3/c1-5-37-26-18(3)25(34(32-26)20-9-7-6-8-10-20)31-27(35)30-24-15-33(17(2)16-36-4)14-21(24)19-11-12-22(28)23(29)13-19/h6-13,17,21,24H,5,14-16H2,1-4H3,(H2,30,31,35)/t17-,21+,24-/m1/s1. The van der Waals surface area contributed by atoms with Gasteiger partial charge in [-0.3, -0.25) is 10.2 Å². The summed E-state index contributed by atoms with van der Waals surface area (Å²) in [6, 6.07) is 12.7. The van der Waals surface area contributed by atoms with Crippen LogP contribution in [-0.2, 0) is 4.74 Å². The molecule has 4 rings (SSSR count). The van der Waals surface area contributed by atoms with Crippen molar-refractivity contribution in [2.24, 2.45) is 0 Å². The summed E-state index contributed by atoms with van der Waals surface area (Å²) in [6.45, 7) is 7.78. The molecule has 2 aromatic carbocycles. The van der Waals surface area contributed by atoms with Gasteiger partial charge in [0.2, 0.25) is 5.88 Å². The van der Waals surface area contributed by atoms with Gasteiger partial charge in [-0.25, -0.2) is 18.3 Å². The molecule has 2 amide bonds. The molecule has 0 bridgehead atoms. The number of likely N-dealkylation sites (tertiary alicyclic amines) is 1. The Kier molecular flexibility index (Phi) is 8.40. The number of carbonyl (C=O) groups excluding carboxylic acids is 1. The average Bonchev–Trinajstić information content (AvgIpc) is 3.43. The van der Waals surface area contributed by atoms with Crippen LogP contribution in [0.2, 0.25) is 0 Å². The molecule has 8 nitrogen and oxygen atoms in total. The van der Waals surface area contributed by atoms with Gasteiger partial charge >= 0.3 is 6.03 Å². The number of benzene rings is 2. The summed E-state index contributed by atoms with van der Waals surface area (Å²) in [5.41, 5.74) is 2.09. The van der Waals surface area contributed by atoms with E-state index in [1.54, 1.807) is 17.9 Å². The monoisotopic (exact) mass is 513 g/mol. The summed E-state index contributed by atoms with van der Waals surface area (Å²) in [4.78, 5) is 15.5. The SMILES string of the molecule is CCOc1nn(-c2ccccc2)c(NC(=O)N[C@@H]2CN([C@H](C)COC)C[C@H]2c2ccc(F)c(F)c2)c1C. The third-order valence-electron chi connectivity index (χ3n) is 6.66. The minimum Gasteiger partial charge on any atom is -0.477 e. The largest absolute Gasteiger partial charge is 0.477 e. The van der Waals surface area contributed by atoms with E-state index in [-0.39, 0.29) is 18.0 Å². The first kappa shape index (κ1) is 26.6. The zero-order chi connectivity index (χ0) is 26.5. The van der Waals surface area contributed by atoms with Crippen molar-refractivity contribution in [2.75, 3.05) is 38.7 Å². The van der Waals surface area contributed by atoms with E-state index in [9.17, 15) is 13.6 Å². The second kappa shape index (κ2) is 11.7. The smallest absolute Gasteiger partial charge is 0.320 e. The van der Waals surface area contributed by atoms with E-state index >= 15 is 0 Å². The molecular weight excluding hydrogens is 480 g/mol. The number of nitrogens with one attached hydrogen (secondary N) is 2. The third kappa shape index (κ3) is 5.91. The van der Waals surface area contributed by atoms with Crippen LogP contribution in [0.1, 0.15) is 30.9 Å². The Labute approximate surface area is 215 Å². The topological polar surface area (TPSA) is 80.6 Å². The summed E-state index contributed by atoms with van der Waals surface area (Å²) in [5, 5.41) is 10.5. The summed E-state index contributed by atoms with van der Waals surface area (Å²) >= 11 is 0. The number of aromatic nitrogens is 2. The highest BCUT2D eigenvalue weighted by Crippen LogP contribution is 2.31. The number of hydrogen-bond acceptors (Lipinski definition) is 5. The number of urea groups is 1. The Morgan fingerprint density at radius 1 is 1.16 bits per heavy atom. The van der Waals surface area contributed by atoms with Gasteiger partial charge in [-0.1, -0.05) is 24.3 Å². The van der Waals surface area contributed by atoms with Crippen LogP contribution in [-0.4, -0.2) is 66.2 Å². The van der Waals surface area contributed by atoms with Crippen molar-refractivity contribution >= 4 is 11.8 Å². The molecule has 37 heavy (non-hydrogen) atoms.